The summed E-state index contributed by atoms with van der Waals surface area (Å²) in [7, 11) is 2.79. The Hall–Kier alpha value is -4.69. The lowest BCUT2D eigenvalue weighted by molar-refractivity contribution is -0.147. The number of guanidine groups is 1. The molecule has 0 unspecified atom stereocenters. The number of nitrogens with one attached hydrogen (secondary N) is 3. The first kappa shape index (κ1) is 34.5. The van der Waals surface area contributed by atoms with E-state index >= 15 is 0 Å². The lowest BCUT2D eigenvalue weighted by Gasteiger charge is -2.34. The van der Waals surface area contributed by atoms with Crippen molar-refractivity contribution in [2.45, 2.75) is 63.7 Å². The summed E-state index contributed by atoms with van der Waals surface area (Å²) in [6.07, 6.45) is -0.280. The van der Waals surface area contributed by atoms with Gasteiger partial charge in [0.15, 0.2) is 5.96 Å². The smallest absolute Gasteiger partial charge is 0.305 e. The zero-order valence-corrected chi connectivity index (χ0v) is 24.9. The average molecular weight is 603 g/mol. The van der Waals surface area contributed by atoms with E-state index in [0.29, 0.717) is 12.0 Å². The number of carbonyl (C=O) groups is 6. The first-order valence-corrected chi connectivity index (χ1v) is 13.9. The van der Waals surface area contributed by atoms with Gasteiger partial charge in [0.1, 0.15) is 24.2 Å². The fourth-order valence-corrected chi connectivity index (χ4v) is 4.62. The summed E-state index contributed by atoms with van der Waals surface area (Å²) in [6, 6.07) is 3.92. The number of hydrogen-bond donors (Lipinski definition) is 6. The van der Waals surface area contributed by atoms with Crippen LogP contribution in [0.4, 0.5) is 0 Å². The number of carbonyl (C=O) groups excluding carboxylic acids is 5. The van der Waals surface area contributed by atoms with Crippen molar-refractivity contribution in [3.8, 4) is 0 Å². The van der Waals surface area contributed by atoms with Crippen LogP contribution in [0.5, 0.6) is 0 Å². The molecule has 1 fully saturated rings. The third-order valence-electron chi connectivity index (χ3n) is 6.96. The molecular formula is C28H42N8O7. The fourth-order valence-electron chi connectivity index (χ4n) is 4.62. The molecule has 4 atom stereocenters. The van der Waals surface area contributed by atoms with Crippen LogP contribution in [-0.4, -0.2) is 108 Å². The van der Waals surface area contributed by atoms with E-state index in [1.54, 1.807) is 44.2 Å². The highest BCUT2D eigenvalue weighted by atomic mass is 16.4. The molecular weight excluding hydrogens is 560 g/mol. The summed E-state index contributed by atoms with van der Waals surface area (Å²) in [6.45, 7) is 3.12. The van der Waals surface area contributed by atoms with Crippen LogP contribution in [0.1, 0.15) is 38.7 Å². The Kier molecular flexibility index (Phi) is 12.9. The number of likely N-dealkylation sites (N-methyl/N-ethyl adjacent to an activating group) is 2. The van der Waals surface area contributed by atoms with Crippen molar-refractivity contribution >= 4 is 41.5 Å². The highest BCUT2D eigenvalue weighted by molar-refractivity contribution is 5.98. The molecule has 0 saturated carbocycles. The van der Waals surface area contributed by atoms with Gasteiger partial charge in [-0.05, 0) is 24.3 Å². The molecule has 1 aromatic carbocycles. The molecule has 0 aromatic heterocycles. The minimum atomic E-state index is -1.54. The highest BCUT2D eigenvalue weighted by Crippen LogP contribution is 2.15. The minimum Gasteiger partial charge on any atom is -0.481 e. The van der Waals surface area contributed by atoms with E-state index in [1.807, 2.05) is 0 Å². The molecule has 8 N–H and O–H groups in total. The summed E-state index contributed by atoms with van der Waals surface area (Å²) < 4.78 is 0. The van der Waals surface area contributed by atoms with Crippen LogP contribution < -0.4 is 27.4 Å². The van der Waals surface area contributed by atoms with Crippen LogP contribution in [0.15, 0.2) is 35.3 Å². The summed E-state index contributed by atoms with van der Waals surface area (Å²) in [5.74, 6) is -5.44. The first-order chi connectivity index (χ1) is 20.2. The highest BCUT2D eigenvalue weighted by Gasteiger charge is 2.37. The summed E-state index contributed by atoms with van der Waals surface area (Å²) in [4.78, 5) is 84.9. The van der Waals surface area contributed by atoms with Crippen molar-refractivity contribution in [3.63, 3.8) is 0 Å². The predicted molar refractivity (Wildman–Crippen MR) is 157 cm³/mol. The molecule has 15 heteroatoms. The van der Waals surface area contributed by atoms with Crippen molar-refractivity contribution in [2.24, 2.45) is 22.4 Å². The Morgan fingerprint density at radius 1 is 0.977 bits per heavy atom. The number of rotatable bonds is 9. The van der Waals surface area contributed by atoms with E-state index in [-0.39, 0.29) is 25.3 Å². The summed E-state index contributed by atoms with van der Waals surface area (Å²) in [5, 5.41) is 17.0. The molecule has 2 rings (SSSR count). The lowest BCUT2D eigenvalue weighted by Crippen LogP contribution is -2.59. The zero-order chi connectivity index (χ0) is 32.3. The molecule has 236 valence electrons. The van der Waals surface area contributed by atoms with Gasteiger partial charge in [0.25, 0.3) is 0 Å². The van der Waals surface area contributed by atoms with E-state index in [0.717, 1.165) is 4.90 Å². The van der Waals surface area contributed by atoms with E-state index in [4.69, 9.17) is 11.5 Å². The Morgan fingerprint density at radius 2 is 1.60 bits per heavy atom. The first-order valence-electron chi connectivity index (χ1n) is 13.9. The number of benzene rings is 1. The van der Waals surface area contributed by atoms with Gasteiger partial charge in [-0.25, -0.2) is 0 Å². The number of aliphatic carboxylic acids is 1. The van der Waals surface area contributed by atoms with E-state index in [2.05, 4.69) is 20.9 Å². The van der Waals surface area contributed by atoms with Gasteiger partial charge in [0.05, 0.1) is 13.0 Å². The van der Waals surface area contributed by atoms with Gasteiger partial charge in [-0.2, -0.15) is 0 Å². The monoisotopic (exact) mass is 602 g/mol. The van der Waals surface area contributed by atoms with Crippen molar-refractivity contribution in [2.75, 3.05) is 27.2 Å². The van der Waals surface area contributed by atoms with Crippen LogP contribution in [0.3, 0.4) is 0 Å². The largest absolute Gasteiger partial charge is 0.481 e. The summed E-state index contributed by atoms with van der Waals surface area (Å²) in [5.41, 5.74) is 11.5. The standard InChI is InChI=1S/C28H42N8O7/c1-16(2)23-27(43)36(4)20(11-8-12-31-28(29)30)26(42)35(3)15-21(37)32-19(14-22(38)39)24(40)33-18(25(41)34-23)13-17-9-6-5-7-10-17/h5-7,9-10,16,18-20,23H,8,11-15H2,1-4H3,(H,32,37)(H,33,40)(H,34,41)(H,38,39)(H4,29,30,31)/t18-,19+,20+,23+/m1/s1. The molecule has 1 heterocycles. The topological polar surface area (TPSA) is 230 Å². The lowest BCUT2D eigenvalue weighted by atomic mass is 9.99. The quantitative estimate of drug-likeness (QED) is 0.106. The van der Waals surface area contributed by atoms with Crippen LogP contribution in [0.25, 0.3) is 0 Å². The average Bonchev–Trinajstić information content (AvgIpc) is 2.93. The number of nitrogens with two attached hydrogens (primary N) is 2. The molecule has 0 spiro atoms. The second-order valence-electron chi connectivity index (χ2n) is 10.8. The molecule has 1 aromatic rings. The SMILES string of the molecule is CC(C)[C@@H]1NC(=O)[C@@H](Cc2ccccc2)NC(=O)[C@H](CC(=O)O)NC(=O)CN(C)C(=O)[C@H](CCCN=C(N)N)N(C)C1=O. The molecule has 43 heavy (non-hydrogen) atoms. The van der Waals surface area contributed by atoms with Crippen LogP contribution in [-0.2, 0) is 35.2 Å². The molecule has 0 bridgehead atoms. The zero-order valence-electron chi connectivity index (χ0n) is 24.9. The Labute approximate surface area is 250 Å². The van der Waals surface area contributed by atoms with Gasteiger partial charge in [-0.15, -0.1) is 0 Å². The number of aliphatic imine (C=N–C) groups is 1. The van der Waals surface area contributed by atoms with E-state index < -0.39 is 78.6 Å². The Bertz CT molecular complexity index is 1200. The normalized spacial score (nSPS) is 22.7. The predicted octanol–water partition coefficient (Wildman–Crippen LogP) is -1.83. The Morgan fingerprint density at radius 3 is 2.19 bits per heavy atom. The number of carboxylic acids is 1. The van der Waals surface area contributed by atoms with Crippen LogP contribution in [0.2, 0.25) is 0 Å². The maximum absolute atomic E-state index is 13.8. The summed E-state index contributed by atoms with van der Waals surface area (Å²) >= 11 is 0. The van der Waals surface area contributed by atoms with Crippen molar-refractivity contribution in [1.82, 2.24) is 25.8 Å². The number of carboxylic acid groups (broad SMARTS) is 1. The van der Waals surface area contributed by atoms with Gasteiger partial charge < -0.3 is 42.3 Å². The maximum Gasteiger partial charge on any atom is 0.305 e. The molecule has 1 aliphatic heterocycles. The molecule has 5 amide bonds. The molecule has 0 radical (unpaired) electrons. The van der Waals surface area contributed by atoms with E-state index in [9.17, 15) is 33.9 Å². The number of nitrogens with zero attached hydrogens (tertiary/aromatic N) is 3. The van der Waals surface area contributed by atoms with Gasteiger partial charge in [0, 0.05) is 27.1 Å². The molecule has 15 nitrogen and oxygen atoms in total. The van der Waals surface area contributed by atoms with Crippen LogP contribution in [0, 0.1) is 5.92 Å². The van der Waals surface area contributed by atoms with E-state index in [1.165, 1.54) is 19.0 Å². The molecule has 1 saturated heterocycles. The third kappa shape index (κ3) is 10.6. The third-order valence-corrected chi connectivity index (χ3v) is 6.96. The van der Waals surface area contributed by atoms with Crippen LogP contribution >= 0.6 is 0 Å². The maximum atomic E-state index is 13.8. The van der Waals surface area contributed by atoms with Crippen molar-refractivity contribution in [3.05, 3.63) is 35.9 Å². The molecule has 1 aliphatic rings. The van der Waals surface area contributed by atoms with Gasteiger partial charge in [-0.3, -0.25) is 33.8 Å². The fraction of sp³-hybridized carbons (Fsp3) is 0.536. The molecule has 0 aliphatic carbocycles. The minimum absolute atomic E-state index is 0.0234. The second-order valence-corrected chi connectivity index (χ2v) is 10.8. The van der Waals surface area contributed by atoms with Gasteiger partial charge in [-0.1, -0.05) is 44.2 Å². The van der Waals surface area contributed by atoms with Crippen molar-refractivity contribution < 1.29 is 33.9 Å². The van der Waals surface area contributed by atoms with Crippen molar-refractivity contribution in [1.29, 1.82) is 0 Å². The second kappa shape index (κ2) is 16.1. The van der Waals surface area contributed by atoms with Gasteiger partial charge >= 0.3 is 5.97 Å². The Balaban J connectivity index is 2.54. The number of amides is 5. The number of hydrogen-bond acceptors (Lipinski definition) is 7. The van der Waals surface area contributed by atoms with Gasteiger partial charge in [0.2, 0.25) is 29.5 Å².